The Labute approximate surface area is 138 Å². The first-order valence-corrected chi connectivity index (χ1v) is 7.85. The molecule has 1 aromatic carbocycles. The zero-order valence-corrected chi connectivity index (χ0v) is 14.7. The average molecular weight is 366 g/mol. The van der Waals surface area contributed by atoms with Crippen LogP contribution in [-0.2, 0) is 4.74 Å². The van der Waals surface area contributed by atoms with Crippen LogP contribution in [0.2, 0.25) is 0 Å². The Morgan fingerprint density at radius 1 is 1.36 bits per heavy atom. The van der Waals surface area contributed by atoms with E-state index < -0.39 is 11.7 Å². The summed E-state index contributed by atoms with van der Waals surface area (Å²) in [7, 11) is 0. The number of rotatable bonds is 3. The third-order valence-corrected chi connectivity index (χ3v) is 3.59. The van der Waals surface area contributed by atoms with Gasteiger partial charge in [-0.3, -0.25) is 0 Å². The first-order valence-electron chi connectivity index (χ1n) is 7.05. The summed E-state index contributed by atoms with van der Waals surface area (Å²) in [5, 5.41) is 2.77. The highest BCUT2D eigenvalue weighted by Gasteiger charge is 2.19. The summed E-state index contributed by atoms with van der Waals surface area (Å²) in [6.07, 6.45) is 1.29. The molecule has 1 aromatic heterocycles. The lowest BCUT2D eigenvalue weighted by Gasteiger charge is -2.21. The number of nitrogens with one attached hydrogen (secondary N) is 2. The number of aromatic amines is 1. The molecule has 0 bridgehead atoms. The molecule has 0 aliphatic carbocycles. The summed E-state index contributed by atoms with van der Waals surface area (Å²) in [6.45, 7) is 7.34. The third-order valence-electron chi connectivity index (χ3n) is 2.90. The van der Waals surface area contributed by atoms with Crippen molar-refractivity contribution in [1.29, 1.82) is 0 Å². The van der Waals surface area contributed by atoms with Gasteiger partial charge in [0.1, 0.15) is 11.4 Å². The second-order valence-corrected chi connectivity index (χ2v) is 6.88. The Bertz CT molecular complexity index is 661. The zero-order chi connectivity index (χ0) is 16.3. The van der Waals surface area contributed by atoms with Crippen molar-refractivity contribution in [3.8, 4) is 11.3 Å². The van der Waals surface area contributed by atoms with Crippen LogP contribution in [0, 0.1) is 0 Å². The van der Waals surface area contributed by atoms with Gasteiger partial charge in [-0.2, -0.15) is 0 Å². The van der Waals surface area contributed by atoms with Gasteiger partial charge in [0.05, 0.1) is 17.9 Å². The minimum absolute atomic E-state index is 0.272. The Hall–Kier alpha value is -1.82. The van der Waals surface area contributed by atoms with Gasteiger partial charge in [0.25, 0.3) is 0 Å². The zero-order valence-electron chi connectivity index (χ0n) is 13.1. The first-order chi connectivity index (χ1) is 10.3. The van der Waals surface area contributed by atoms with Crippen LogP contribution in [0.1, 0.15) is 39.6 Å². The van der Waals surface area contributed by atoms with Crippen molar-refractivity contribution in [1.82, 2.24) is 15.3 Å². The molecule has 0 radical (unpaired) electrons. The molecule has 0 unspecified atom stereocenters. The standard InChI is InChI=1S/C16H20BrN3O2/c1-10(19-15(21)22-16(2,3)4)14-18-9-13(20-14)11-7-5-6-8-12(11)17/h5-10H,1-4H3,(H,18,20)(H,19,21)/t10-/m0/s1. The van der Waals surface area contributed by atoms with Gasteiger partial charge >= 0.3 is 6.09 Å². The number of amides is 1. The van der Waals surface area contributed by atoms with Crippen molar-refractivity contribution in [3.63, 3.8) is 0 Å². The van der Waals surface area contributed by atoms with E-state index in [0.29, 0.717) is 5.82 Å². The van der Waals surface area contributed by atoms with Crippen LogP contribution >= 0.6 is 15.9 Å². The van der Waals surface area contributed by atoms with E-state index in [1.807, 2.05) is 52.0 Å². The third kappa shape index (κ3) is 4.34. The quantitative estimate of drug-likeness (QED) is 0.845. The van der Waals surface area contributed by atoms with Gasteiger partial charge in [-0.1, -0.05) is 34.1 Å². The van der Waals surface area contributed by atoms with Crippen LogP contribution in [0.5, 0.6) is 0 Å². The highest BCUT2D eigenvalue weighted by atomic mass is 79.9. The number of halogens is 1. The van der Waals surface area contributed by atoms with Gasteiger partial charge in [0.2, 0.25) is 0 Å². The maximum absolute atomic E-state index is 11.8. The Balaban J connectivity index is 2.08. The molecule has 22 heavy (non-hydrogen) atoms. The second-order valence-electron chi connectivity index (χ2n) is 6.03. The lowest BCUT2D eigenvalue weighted by molar-refractivity contribution is 0.0506. The molecule has 2 rings (SSSR count). The summed E-state index contributed by atoms with van der Waals surface area (Å²) in [4.78, 5) is 19.4. The molecular weight excluding hydrogens is 346 g/mol. The van der Waals surface area contributed by atoms with E-state index in [-0.39, 0.29) is 6.04 Å². The Morgan fingerprint density at radius 3 is 2.68 bits per heavy atom. The van der Waals surface area contributed by atoms with E-state index in [9.17, 15) is 4.79 Å². The van der Waals surface area contributed by atoms with E-state index in [4.69, 9.17) is 4.74 Å². The molecule has 2 N–H and O–H groups in total. The van der Waals surface area contributed by atoms with Crippen LogP contribution in [0.3, 0.4) is 0 Å². The molecule has 0 fully saturated rings. The fourth-order valence-corrected chi connectivity index (χ4v) is 2.42. The minimum atomic E-state index is -0.521. The largest absolute Gasteiger partial charge is 0.444 e. The predicted octanol–water partition coefficient (Wildman–Crippen LogP) is 4.42. The Kier molecular flexibility index (Phi) is 4.90. The van der Waals surface area contributed by atoms with E-state index in [1.54, 1.807) is 6.20 Å². The molecule has 1 amide bonds. The van der Waals surface area contributed by atoms with Gasteiger partial charge in [-0.25, -0.2) is 9.78 Å². The maximum Gasteiger partial charge on any atom is 0.408 e. The number of alkyl carbamates (subject to hydrolysis) is 1. The summed E-state index contributed by atoms with van der Waals surface area (Å²) in [5.41, 5.74) is 1.39. The van der Waals surface area contributed by atoms with Crippen LogP contribution in [0.25, 0.3) is 11.3 Å². The fraction of sp³-hybridized carbons (Fsp3) is 0.375. The minimum Gasteiger partial charge on any atom is -0.444 e. The number of H-pyrrole nitrogens is 1. The van der Waals surface area contributed by atoms with E-state index in [0.717, 1.165) is 15.7 Å². The predicted molar refractivity (Wildman–Crippen MR) is 89.5 cm³/mol. The molecule has 0 saturated heterocycles. The van der Waals surface area contributed by atoms with Crippen molar-refractivity contribution in [2.24, 2.45) is 0 Å². The number of hydrogen-bond acceptors (Lipinski definition) is 3. The molecule has 0 spiro atoms. The van der Waals surface area contributed by atoms with Gasteiger partial charge in [0, 0.05) is 10.0 Å². The van der Waals surface area contributed by atoms with Crippen molar-refractivity contribution in [2.45, 2.75) is 39.3 Å². The van der Waals surface area contributed by atoms with Crippen molar-refractivity contribution < 1.29 is 9.53 Å². The molecule has 0 aliphatic heterocycles. The molecule has 0 saturated carbocycles. The summed E-state index contributed by atoms with van der Waals surface area (Å²) < 4.78 is 6.23. The SMILES string of the molecule is C[C@H](NC(=O)OC(C)(C)C)c1ncc(-c2ccccc2Br)[nH]1. The maximum atomic E-state index is 11.8. The molecule has 1 atom stereocenters. The van der Waals surface area contributed by atoms with Gasteiger partial charge < -0.3 is 15.0 Å². The molecule has 2 aromatic rings. The summed E-state index contributed by atoms with van der Waals surface area (Å²) in [5.74, 6) is 0.677. The highest BCUT2D eigenvalue weighted by molar-refractivity contribution is 9.10. The van der Waals surface area contributed by atoms with Crippen molar-refractivity contribution in [2.75, 3.05) is 0 Å². The monoisotopic (exact) mass is 365 g/mol. The molecular formula is C16H20BrN3O2. The molecule has 1 heterocycles. The van der Waals surface area contributed by atoms with Crippen LogP contribution in [0.15, 0.2) is 34.9 Å². The van der Waals surface area contributed by atoms with E-state index in [1.165, 1.54) is 0 Å². The number of benzene rings is 1. The van der Waals surface area contributed by atoms with Crippen LogP contribution < -0.4 is 5.32 Å². The lowest BCUT2D eigenvalue weighted by atomic mass is 10.2. The fourth-order valence-electron chi connectivity index (χ4n) is 1.93. The average Bonchev–Trinajstić information content (AvgIpc) is 2.86. The van der Waals surface area contributed by atoms with Gasteiger partial charge in [-0.05, 0) is 33.8 Å². The van der Waals surface area contributed by atoms with Gasteiger partial charge in [0.15, 0.2) is 0 Å². The van der Waals surface area contributed by atoms with Crippen LogP contribution in [0.4, 0.5) is 4.79 Å². The second kappa shape index (κ2) is 6.52. The number of carbonyl (C=O) groups excluding carboxylic acids is 1. The van der Waals surface area contributed by atoms with Crippen molar-refractivity contribution in [3.05, 3.63) is 40.8 Å². The smallest absolute Gasteiger partial charge is 0.408 e. The summed E-state index contributed by atoms with van der Waals surface area (Å²) >= 11 is 3.52. The number of nitrogens with zero attached hydrogens (tertiary/aromatic N) is 1. The molecule has 5 nitrogen and oxygen atoms in total. The normalized spacial score (nSPS) is 12.8. The Morgan fingerprint density at radius 2 is 2.05 bits per heavy atom. The van der Waals surface area contributed by atoms with Crippen LogP contribution in [-0.4, -0.2) is 21.7 Å². The number of ether oxygens (including phenoxy) is 1. The molecule has 0 aliphatic rings. The summed E-state index contributed by atoms with van der Waals surface area (Å²) in [6, 6.07) is 7.61. The first kappa shape index (κ1) is 16.5. The van der Waals surface area contributed by atoms with E-state index >= 15 is 0 Å². The number of carbonyl (C=O) groups is 1. The number of imidazole rings is 1. The number of hydrogen-bond donors (Lipinski definition) is 2. The molecule has 6 heteroatoms. The van der Waals surface area contributed by atoms with E-state index in [2.05, 4.69) is 31.2 Å². The molecule has 118 valence electrons. The van der Waals surface area contributed by atoms with Crippen molar-refractivity contribution >= 4 is 22.0 Å². The highest BCUT2D eigenvalue weighted by Crippen LogP contribution is 2.27. The lowest BCUT2D eigenvalue weighted by Crippen LogP contribution is -2.34. The number of aromatic nitrogens is 2. The topological polar surface area (TPSA) is 67.0 Å². The van der Waals surface area contributed by atoms with Gasteiger partial charge in [-0.15, -0.1) is 0 Å².